The predicted molar refractivity (Wildman–Crippen MR) is 92.8 cm³/mol. The molecule has 0 aromatic heterocycles. The van der Waals surface area contributed by atoms with Gasteiger partial charge in [-0.25, -0.2) is 8.42 Å². The number of hydrogen-bond donors (Lipinski definition) is 2. The fraction of sp³-hybridized carbons (Fsp3) is 0.235. The lowest BCUT2D eigenvalue weighted by molar-refractivity contribution is 0.0943. The maximum Gasteiger partial charge on any atom is 0.261 e. The molecule has 0 heterocycles. The second-order valence-corrected chi connectivity index (χ2v) is 7.18. The van der Waals surface area contributed by atoms with E-state index in [2.05, 4.69) is 10.0 Å². The summed E-state index contributed by atoms with van der Waals surface area (Å²) in [4.78, 5) is 12.0. The standard InChI is InChI=1S/C17H20N2O4S/c1-12(2)18-17(20)13-6-4-9-16(10-13)24(21,22)19-14-7-5-8-15(11-14)23-3/h4-12,19H,1-3H3,(H,18,20). The zero-order valence-corrected chi connectivity index (χ0v) is 14.6. The van der Waals surface area contributed by atoms with Crippen molar-refractivity contribution in [3.8, 4) is 5.75 Å². The Labute approximate surface area is 141 Å². The van der Waals surface area contributed by atoms with Gasteiger partial charge in [-0.1, -0.05) is 12.1 Å². The monoisotopic (exact) mass is 348 g/mol. The number of rotatable bonds is 6. The normalized spacial score (nSPS) is 11.2. The molecule has 0 aliphatic carbocycles. The van der Waals surface area contributed by atoms with E-state index in [1.165, 1.54) is 25.3 Å². The van der Waals surface area contributed by atoms with Gasteiger partial charge in [-0.15, -0.1) is 0 Å². The summed E-state index contributed by atoms with van der Waals surface area (Å²) < 4.78 is 32.6. The van der Waals surface area contributed by atoms with E-state index >= 15 is 0 Å². The number of carbonyl (C=O) groups excluding carboxylic acids is 1. The van der Waals surface area contributed by atoms with Crippen LogP contribution in [0.5, 0.6) is 5.75 Å². The summed E-state index contributed by atoms with van der Waals surface area (Å²) in [6.07, 6.45) is 0. The Bertz CT molecular complexity index is 832. The molecule has 0 aliphatic heterocycles. The van der Waals surface area contributed by atoms with Crippen LogP contribution in [-0.2, 0) is 10.0 Å². The van der Waals surface area contributed by atoms with Crippen LogP contribution in [0.1, 0.15) is 24.2 Å². The highest BCUT2D eigenvalue weighted by atomic mass is 32.2. The van der Waals surface area contributed by atoms with Crippen molar-refractivity contribution in [2.24, 2.45) is 0 Å². The Hall–Kier alpha value is -2.54. The van der Waals surface area contributed by atoms with Gasteiger partial charge in [-0.05, 0) is 44.2 Å². The van der Waals surface area contributed by atoms with Crippen LogP contribution in [-0.4, -0.2) is 27.5 Å². The second kappa shape index (κ2) is 7.35. The van der Waals surface area contributed by atoms with Crippen LogP contribution in [0.25, 0.3) is 0 Å². The third-order valence-corrected chi connectivity index (χ3v) is 4.53. The van der Waals surface area contributed by atoms with E-state index in [0.717, 1.165) is 0 Å². The number of sulfonamides is 1. The summed E-state index contributed by atoms with van der Waals surface area (Å²) in [6.45, 7) is 3.67. The summed E-state index contributed by atoms with van der Waals surface area (Å²) in [5.74, 6) is 0.226. The predicted octanol–water partition coefficient (Wildman–Crippen LogP) is 2.63. The van der Waals surface area contributed by atoms with Gasteiger partial charge in [-0.3, -0.25) is 9.52 Å². The first-order valence-electron chi connectivity index (χ1n) is 7.39. The molecular weight excluding hydrogens is 328 g/mol. The van der Waals surface area contributed by atoms with E-state index in [1.54, 1.807) is 30.3 Å². The highest BCUT2D eigenvalue weighted by Gasteiger charge is 2.17. The quantitative estimate of drug-likeness (QED) is 0.840. The van der Waals surface area contributed by atoms with Crippen LogP contribution < -0.4 is 14.8 Å². The molecule has 1 amide bonds. The van der Waals surface area contributed by atoms with Crippen molar-refractivity contribution < 1.29 is 17.9 Å². The number of nitrogens with one attached hydrogen (secondary N) is 2. The Morgan fingerprint density at radius 2 is 1.79 bits per heavy atom. The van der Waals surface area contributed by atoms with E-state index in [0.29, 0.717) is 11.4 Å². The number of amides is 1. The molecule has 2 aromatic rings. The van der Waals surface area contributed by atoms with Crippen LogP contribution >= 0.6 is 0 Å². The highest BCUT2D eigenvalue weighted by Crippen LogP contribution is 2.21. The van der Waals surface area contributed by atoms with E-state index in [9.17, 15) is 13.2 Å². The molecule has 0 aliphatic rings. The van der Waals surface area contributed by atoms with Gasteiger partial charge >= 0.3 is 0 Å². The molecule has 128 valence electrons. The third-order valence-electron chi connectivity index (χ3n) is 3.15. The van der Waals surface area contributed by atoms with E-state index in [-0.39, 0.29) is 22.4 Å². The molecule has 2 N–H and O–H groups in total. The van der Waals surface area contributed by atoms with Crippen molar-refractivity contribution in [3.63, 3.8) is 0 Å². The lowest BCUT2D eigenvalue weighted by atomic mass is 10.2. The summed E-state index contributed by atoms with van der Waals surface area (Å²) in [7, 11) is -2.30. The van der Waals surface area contributed by atoms with Crippen LogP contribution in [0.3, 0.4) is 0 Å². The van der Waals surface area contributed by atoms with Gasteiger partial charge < -0.3 is 10.1 Å². The van der Waals surface area contributed by atoms with Crippen LogP contribution in [0.4, 0.5) is 5.69 Å². The van der Waals surface area contributed by atoms with Crippen molar-refractivity contribution in [1.82, 2.24) is 5.32 Å². The maximum absolute atomic E-state index is 12.5. The lowest BCUT2D eigenvalue weighted by Crippen LogP contribution is -2.30. The van der Waals surface area contributed by atoms with E-state index in [4.69, 9.17) is 4.74 Å². The molecule has 0 radical (unpaired) electrons. The Morgan fingerprint density at radius 3 is 2.46 bits per heavy atom. The fourth-order valence-corrected chi connectivity index (χ4v) is 3.15. The minimum atomic E-state index is -3.81. The van der Waals surface area contributed by atoms with Crippen LogP contribution in [0.2, 0.25) is 0 Å². The van der Waals surface area contributed by atoms with Crippen molar-refractivity contribution in [1.29, 1.82) is 0 Å². The van der Waals surface area contributed by atoms with Gasteiger partial charge in [0.05, 0.1) is 17.7 Å². The molecular formula is C17H20N2O4S. The zero-order chi connectivity index (χ0) is 17.7. The zero-order valence-electron chi connectivity index (χ0n) is 13.7. The summed E-state index contributed by atoms with van der Waals surface area (Å²) in [5, 5.41) is 2.73. The summed E-state index contributed by atoms with van der Waals surface area (Å²) in [6, 6.07) is 12.5. The molecule has 0 unspecified atom stereocenters. The molecule has 0 atom stereocenters. The number of benzene rings is 2. The number of anilines is 1. The Balaban J connectivity index is 2.27. The van der Waals surface area contributed by atoms with Crippen LogP contribution in [0, 0.1) is 0 Å². The molecule has 6 nitrogen and oxygen atoms in total. The molecule has 0 saturated carbocycles. The van der Waals surface area contributed by atoms with Gasteiger partial charge in [0, 0.05) is 17.7 Å². The number of ether oxygens (including phenoxy) is 1. The first-order valence-corrected chi connectivity index (χ1v) is 8.88. The van der Waals surface area contributed by atoms with Crippen molar-refractivity contribution in [3.05, 3.63) is 54.1 Å². The van der Waals surface area contributed by atoms with Gasteiger partial charge in [0.25, 0.3) is 15.9 Å². The first-order chi connectivity index (χ1) is 11.3. The molecule has 0 spiro atoms. The van der Waals surface area contributed by atoms with Crippen molar-refractivity contribution in [2.45, 2.75) is 24.8 Å². The van der Waals surface area contributed by atoms with Gasteiger partial charge in [0.2, 0.25) is 0 Å². The average molecular weight is 348 g/mol. The average Bonchev–Trinajstić information content (AvgIpc) is 2.54. The molecule has 7 heteroatoms. The van der Waals surface area contributed by atoms with Gasteiger partial charge in [0.15, 0.2) is 0 Å². The maximum atomic E-state index is 12.5. The Kier molecular flexibility index (Phi) is 5.46. The molecule has 0 fully saturated rings. The third kappa shape index (κ3) is 4.48. The summed E-state index contributed by atoms with van der Waals surface area (Å²) in [5.41, 5.74) is 0.670. The first kappa shape index (κ1) is 17.8. The smallest absolute Gasteiger partial charge is 0.261 e. The largest absolute Gasteiger partial charge is 0.497 e. The molecule has 2 aromatic carbocycles. The molecule has 24 heavy (non-hydrogen) atoms. The molecule has 2 rings (SSSR count). The minimum Gasteiger partial charge on any atom is -0.497 e. The molecule has 0 saturated heterocycles. The highest BCUT2D eigenvalue weighted by molar-refractivity contribution is 7.92. The van der Waals surface area contributed by atoms with Crippen LogP contribution in [0.15, 0.2) is 53.4 Å². The fourth-order valence-electron chi connectivity index (χ4n) is 2.05. The van der Waals surface area contributed by atoms with Gasteiger partial charge in [0.1, 0.15) is 5.75 Å². The van der Waals surface area contributed by atoms with Gasteiger partial charge in [-0.2, -0.15) is 0 Å². The minimum absolute atomic E-state index is 0.0155. The lowest BCUT2D eigenvalue weighted by Gasteiger charge is -2.11. The van der Waals surface area contributed by atoms with E-state index in [1.807, 2.05) is 13.8 Å². The van der Waals surface area contributed by atoms with Crippen molar-refractivity contribution >= 4 is 21.6 Å². The topological polar surface area (TPSA) is 84.5 Å². The Morgan fingerprint density at radius 1 is 1.08 bits per heavy atom. The SMILES string of the molecule is COc1cccc(NS(=O)(=O)c2cccc(C(=O)NC(C)C)c2)c1. The number of methoxy groups -OCH3 is 1. The second-order valence-electron chi connectivity index (χ2n) is 5.49. The van der Waals surface area contributed by atoms with Crippen molar-refractivity contribution in [2.75, 3.05) is 11.8 Å². The number of hydrogen-bond acceptors (Lipinski definition) is 4. The summed E-state index contributed by atoms with van der Waals surface area (Å²) >= 11 is 0. The number of carbonyl (C=O) groups is 1. The molecule has 0 bridgehead atoms. The van der Waals surface area contributed by atoms with E-state index < -0.39 is 10.0 Å².